The van der Waals surface area contributed by atoms with E-state index < -0.39 is 0 Å². The number of rotatable bonds is 6. The SMILES string of the molecule is CCCCC1CCC(C(=O)Oc2ccc3c(c2)OC(N)=C(C#N)C3c2ccccc2Br)CC1. The first-order valence-electron chi connectivity index (χ1n) is 11.7. The molecule has 0 bridgehead atoms. The van der Waals surface area contributed by atoms with E-state index in [9.17, 15) is 10.1 Å². The van der Waals surface area contributed by atoms with Gasteiger partial charge >= 0.3 is 5.97 Å². The van der Waals surface area contributed by atoms with Gasteiger partial charge < -0.3 is 15.2 Å². The smallest absolute Gasteiger partial charge is 0.314 e. The first-order valence-corrected chi connectivity index (χ1v) is 12.5. The van der Waals surface area contributed by atoms with Gasteiger partial charge in [-0.15, -0.1) is 0 Å². The van der Waals surface area contributed by atoms with Gasteiger partial charge in [0.1, 0.15) is 23.1 Å². The van der Waals surface area contributed by atoms with E-state index in [4.69, 9.17) is 15.2 Å². The largest absolute Gasteiger partial charge is 0.440 e. The van der Waals surface area contributed by atoms with Crippen molar-refractivity contribution in [3.05, 3.63) is 69.5 Å². The van der Waals surface area contributed by atoms with Crippen molar-refractivity contribution < 1.29 is 14.3 Å². The third-order valence-corrected chi connectivity index (χ3v) is 7.49. The van der Waals surface area contributed by atoms with Crippen LogP contribution in [0.2, 0.25) is 0 Å². The summed E-state index contributed by atoms with van der Waals surface area (Å²) in [5.41, 5.74) is 8.20. The highest BCUT2D eigenvalue weighted by atomic mass is 79.9. The Kier molecular flexibility index (Phi) is 7.39. The number of nitrogens with zero attached hydrogens (tertiary/aromatic N) is 1. The molecule has 2 N–H and O–H groups in total. The van der Waals surface area contributed by atoms with E-state index in [1.165, 1.54) is 19.3 Å². The van der Waals surface area contributed by atoms with Gasteiger partial charge in [-0.2, -0.15) is 5.26 Å². The molecule has 1 heterocycles. The Hall–Kier alpha value is -2.78. The lowest BCUT2D eigenvalue weighted by molar-refractivity contribution is -0.140. The number of fused-ring (bicyclic) bond motifs is 1. The number of ether oxygens (including phenoxy) is 2. The van der Waals surface area contributed by atoms with Crippen molar-refractivity contribution in [2.45, 2.75) is 57.8 Å². The Morgan fingerprint density at radius 1 is 1.18 bits per heavy atom. The number of nitriles is 1. The minimum absolute atomic E-state index is 0.0528. The van der Waals surface area contributed by atoms with Gasteiger partial charge in [0, 0.05) is 16.1 Å². The molecule has 1 aliphatic heterocycles. The number of unbranched alkanes of at least 4 members (excludes halogenated alkanes) is 1. The van der Waals surface area contributed by atoms with E-state index >= 15 is 0 Å². The summed E-state index contributed by atoms with van der Waals surface area (Å²) < 4.78 is 12.4. The van der Waals surface area contributed by atoms with Crippen molar-refractivity contribution in [3.8, 4) is 17.6 Å². The Labute approximate surface area is 203 Å². The summed E-state index contributed by atoms with van der Waals surface area (Å²) in [6, 6.07) is 15.3. The minimum Gasteiger partial charge on any atom is -0.440 e. The molecule has 33 heavy (non-hydrogen) atoms. The van der Waals surface area contributed by atoms with Crippen molar-refractivity contribution in [1.29, 1.82) is 5.26 Å². The van der Waals surface area contributed by atoms with Crippen molar-refractivity contribution >= 4 is 21.9 Å². The van der Waals surface area contributed by atoms with Crippen LogP contribution < -0.4 is 15.2 Å². The number of nitrogens with two attached hydrogens (primary N) is 1. The summed E-state index contributed by atoms with van der Waals surface area (Å²) in [4.78, 5) is 12.8. The minimum atomic E-state index is -0.363. The molecule has 0 spiro atoms. The quantitative estimate of drug-likeness (QED) is 0.352. The second-order valence-corrected chi connectivity index (χ2v) is 9.78. The average molecular weight is 509 g/mol. The zero-order valence-corrected chi connectivity index (χ0v) is 20.4. The molecule has 6 heteroatoms. The van der Waals surface area contributed by atoms with Gasteiger partial charge in [-0.3, -0.25) is 4.79 Å². The Morgan fingerprint density at radius 3 is 2.64 bits per heavy atom. The highest BCUT2D eigenvalue weighted by molar-refractivity contribution is 9.10. The summed E-state index contributed by atoms with van der Waals surface area (Å²) >= 11 is 3.59. The van der Waals surface area contributed by atoms with Crippen LogP contribution in [0.15, 0.2) is 58.4 Å². The molecule has 172 valence electrons. The number of hydrogen-bond donors (Lipinski definition) is 1. The molecular formula is C27H29BrN2O3. The maximum Gasteiger partial charge on any atom is 0.314 e. The molecule has 1 aliphatic carbocycles. The van der Waals surface area contributed by atoms with Crippen LogP contribution in [0.3, 0.4) is 0 Å². The number of hydrogen-bond acceptors (Lipinski definition) is 5. The van der Waals surface area contributed by atoms with Crippen LogP contribution in [0.1, 0.15) is 68.9 Å². The molecular weight excluding hydrogens is 480 g/mol. The molecule has 4 rings (SSSR count). The van der Waals surface area contributed by atoms with Gasteiger partial charge in [-0.25, -0.2) is 0 Å². The van der Waals surface area contributed by atoms with Gasteiger partial charge in [-0.1, -0.05) is 66.4 Å². The average Bonchev–Trinajstić information content (AvgIpc) is 2.82. The van der Waals surface area contributed by atoms with Crippen LogP contribution in [0, 0.1) is 23.2 Å². The molecule has 2 aliphatic rings. The lowest BCUT2D eigenvalue weighted by Gasteiger charge is -2.28. The molecule has 0 saturated heterocycles. The van der Waals surface area contributed by atoms with Gasteiger partial charge in [0.15, 0.2) is 0 Å². The standard InChI is InChI=1S/C27H29BrN2O3/c1-2-3-6-17-9-11-18(12-10-17)27(31)32-19-13-14-21-24(15-19)33-26(30)22(16-29)25(21)20-7-4-5-8-23(20)28/h4-5,7-8,13-15,17-18,25H,2-3,6,9-12,30H2,1H3. The number of esters is 1. The number of benzene rings is 2. The van der Waals surface area contributed by atoms with Crippen LogP contribution in [-0.4, -0.2) is 5.97 Å². The van der Waals surface area contributed by atoms with Crippen molar-refractivity contribution in [2.24, 2.45) is 17.6 Å². The molecule has 0 amide bonds. The number of carbonyl (C=O) groups excluding carboxylic acids is 1. The summed E-state index contributed by atoms with van der Waals surface area (Å²) in [5.74, 6) is 1.15. The highest BCUT2D eigenvalue weighted by Gasteiger charge is 2.33. The second-order valence-electron chi connectivity index (χ2n) is 8.93. The molecule has 1 fully saturated rings. The predicted octanol–water partition coefficient (Wildman–Crippen LogP) is 6.57. The molecule has 5 nitrogen and oxygen atoms in total. The van der Waals surface area contributed by atoms with E-state index in [-0.39, 0.29) is 23.7 Å². The van der Waals surface area contributed by atoms with Crippen LogP contribution in [0.25, 0.3) is 0 Å². The van der Waals surface area contributed by atoms with Crippen LogP contribution >= 0.6 is 15.9 Å². The van der Waals surface area contributed by atoms with E-state index in [1.54, 1.807) is 12.1 Å². The first kappa shape index (κ1) is 23.4. The lowest BCUT2D eigenvalue weighted by atomic mass is 9.80. The molecule has 2 aromatic rings. The van der Waals surface area contributed by atoms with E-state index in [0.29, 0.717) is 17.1 Å². The monoisotopic (exact) mass is 508 g/mol. The zero-order valence-electron chi connectivity index (χ0n) is 18.9. The molecule has 1 atom stereocenters. The van der Waals surface area contributed by atoms with Gasteiger partial charge in [0.2, 0.25) is 5.88 Å². The Bertz CT molecular complexity index is 1100. The van der Waals surface area contributed by atoms with Crippen molar-refractivity contribution in [3.63, 3.8) is 0 Å². The second kappa shape index (κ2) is 10.4. The van der Waals surface area contributed by atoms with Crippen molar-refractivity contribution in [1.82, 2.24) is 0 Å². The first-order chi connectivity index (χ1) is 16.0. The molecule has 0 aromatic heterocycles. The summed E-state index contributed by atoms with van der Waals surface area (Å²) in [7, 11) is 0. The topological polar surface area (TPSA) is 85.3 Å². The highest BCUT2D eigenvalue weighted by Crippen LogP contribution is 2.45. The van der Waals surface area contributed by atoms with E-state index in [1.807, 2.05) is 30.3 Å². The number of carbonyl (C=O) groups is 1. The Morgan fingerprint density at radius 2 is 1.94 bits per heavy atom. The molecule has 2 aromatic carbocycles. The normalized spacial score (nSPS) is 22.2. The summed E-state index contributed by atoms with van der Waals surface area (Å²) in [6.45, 7) is 2.22. The van der Waals surface area contributed by atoms with Gasteiger partial charge in [0.25, 0.3) is 0 Å². The van der Waals surface area contributed by atoms with Gasteiger partial charge in [0.05, 0.1) is 11.8 Å². The van der Waals surface area contributed by atoms with E-state index in [0.717, 1.165) is 47.2 Å². The van der Waals surface area contributed by atoms with E-state index in [2.05, 4.69) is 28.9 Å². The fraction of sp³-hybridized carbons (Fsp3) is 0.407. The molecule has 0 radical (unpaired) electrons. The molecule has 1 unspecified atom stereocenters. The van der Waals surface area contributed by atoms with Crippen LogP contribution in [0.4, 0.5) is 0 Å². The summed E-state index contributed by atoms with van der Waals surface area (Å²) in [5, 5.41) is 9.74. The fourth-order valence-corrected chi connectivity index (χ4v) is 5.42. The fourth-order valence-electron chi connectivity index (χ4n) is 4.91. The third kappa shape index (κ3) is 5.09. The van der Waals surface area contributed by atoms with Crippen LogP contribution in [0.5, 0.6) is 11.5 Å². The number of halogens is 1. The maximum absolute atomic E-state index is 12.8. The predicted molar refractivity (Wildman–Crippen MR) is 130 cm³/mol. The lowest BCUT2D eigenvalue weighted by Crippen LogP contribution is -2.26. The maximum atomic E-state index is 12.8. The third-order valence-electron chi connectivity index (χ3n) is 6.77. The number of allylic oxidation sites excluding steroid dienone is 1. The van der Waals surface area contributed by atoms with Gasteiger partial charge in [-0.05, 0) is 49.3 Å². The van der Waals surface area contributed by atoms with Crippen molar-refractivity contribution in [2.75, 3.05) is 0 Å². The molecule has 1 saturated carbocycles. The summed E-state index contributed by atoms with van der Waals surface area (Å²) in [6.07, 6.45) is 7.72. The zero-order chi connectivity index (χ0) is 23.4. The van der Waals surface area contributed by atoms with Crippen LogP contribution in [-0.2, 0) is 4.79 Å². The Balaban J connectivity index is 1.51.